The van der Waals surface area contributed by atoms with Gasteiger partial charge in [0.15, 0.2) is 5.58 Å². The molecule has 0 saturated heterocycles. The fourth-order valence-corrected chi connectivity index (χ4v) is 2.42. The standard InChI is InChI=1S/C14H16N2O4S/c1-8(2)12(13(18)19)16-11(17)7-21-14-15-9-5-3-4-6-10(9)20-14/h3-6,8,12H,7H2,1-2H3,(H,16,17)(H,18,19)/t12-/m0/s1. The van der Waals surface area contributed by atoms with Crippen molar-refractivity contribution in [3.05, 3.63) is 24.3 Å². The number of benzene rings is 1. The lowest BCUT2D eigenvalue weighted by Gasteiger charge is -2.17. The van der Waals surface area contributed by atoms with Crippen LogP contribution in [0.5, 0.6) is 0 Å². The van der Waals surface area contributed by atoms with Crippen LogP contribution in [0.1, 0.15) is 13.8 Å². The van der Waals surface area contributed by atoms with Gasteiger partial charge in [0.05, 0.1) is 5.75 Å². The molecule has 0 aliphatic carbocycles. The molecule has 2 N–H and O–H groups in total. The Labute approximate surface area is 125 Å². The van der Waals surface area contributed by atoms with Crippen LogP contribution in [-0.4, -0.2) is 33.8 Å². The maximum absolute atomic E-state index is 11.8. The van der Waals surface area contributed by atoms with Crippen molar-refractivity contribution in [3.8, 4) is 0 Å². The third kappa shape index (κ3) is 3.98. The van der Waals surface area contributed by atoms with Gasteiger partial charge >= 0.3 is 5.97 Å². The Balaban J connectivity index is 1.93. The minimum absolute atomic E-state index is 0.0589. The minimum Gasteiger partial charge on any atom is -0.480 e. The van der Waals surface area contributed by atoms with E-state index in [9.17, 15) is 9.59 Å². The molecule has 21 heavy (non-hydrogen) atoms. The van der Waals surface area contributed by atoms with E-state index in [2.05, 4.69) is 10.3 Å². The first-order valence-electron chi connectivity index (χ1n) is 6.48. The van der Waals surface area contributed by atoms with E-state index in [4.69, 9.17) is 9.52 Å². The van der Waals surface area contributed by atoms with E-state index in [1.54, 1.807) is 19.9 Å². The van der Waals surface area contributed by atoms with Crippen LogP contribution in [-0.2, 0) is 9.59 Å². The molecule has 0 aliphatic heterocycles. The van der Waals surface area contributed by atoms with Crippen molar-refractivity contribution in [2.45, 2.75) is 25.1 Å². The second-order valence-electron chi connectivity index (χ2n) is 4.86. The molecule has 1 amide bonds. The summed E-state index contributed by atoms with van der Waals surface area (Å²) in [6.07, 6.45) is 0. The van der Waals surface area contributed by atoms with Crippen molar-refractivity contribution in [2.24, 2.45) is 5.92 Å². The number of aromatic nitrogens is 1. The number of rotatable bonds is 6. The van der Waals surface area contributed by atoms with Crippen LogP contribution in [0.2, 0.25) is 0 Å². The van der Waals surface area contributed by atoms with Gasteiger partial charge in [0.1, 0.15) is 11.6 Å². The summed E-state index contributed by atoms with van der Waals surface area (Å²) in [6, 6.07) is 6.43. The Bertz CT molecular complexity index is 620. The smallest absolute Gasteiger partial charge is 0.326 e. The first-order chi connectivity index (χ1) is 9.97. The third-order valence-electron chi connectivity index (χ3n) is 2.85. The quantitative estimate of drug-likeness (QED) is 0.794. The molecule has 0 fully saturated rings. The van der Waals surface area contributed by atoms with Gasteiger partial charge in [-0.1, -0.05) is 37.7 Å². The Morgan fingerprint density at radius 3 is 2.71 bits per heavy atom. The molecule has 0 spiro atoms. The zero-order chi connectivity index (χ0) is 15.4. The van der Waals surface area contributed by atoms with E-state index < -0.39 is 12.0 Å². The number of carboxylic acid groups (broad SMARTS) is 1. The number of carbonyl (C=O) groups is 2. The van der Waals surface area contributed by atoms with Gasteiger partial charge in [0.2, 0.25) is 5.91 Å². The summed E-state index contributed by atoms with van der Waals surface area (Å²) in [5, 5.41) is 11.9. The molecular weight excluding hydrogens is 292 g/mol. The fraction of sp³-hybridized carbons (Fsp3) is 0.357. The molecule has 0 bridgehead atoms. The van der Waals surface area contributed by atoms with Gasteiger partial charge in [-0.2, -0.15) is 0 Å². The van der Waals surface area contributed by atoms with Gasteiger partial charge in [-0.25, -0.2) is 9.78 Å². The topological polar surface area (TPSA) is 92.4 Å². The van der Waals surface area contributed by atoms with Crippen molar-refractivity contribution in [3.63, 3.8) is 0 Å². The van der Waals surface area contributed by atoms with Crippen LogP contribution >= 0.6 is 11.8 Å². The average Bonchev–Trinajstić information content (AvgIpc) is 2.84. The van der Waals surface area contributed by atoms with E-state index in [1.807, 2.05) is 18.2 Å². The highest BCUT2D eigenvalue weighted by Gasteiger charge is 2.23. The molecule has 0 unspecified atom stereocenters. The van der Waals surface area contributed by atoms with Gasteiger partial charge in [0, 0.05) is 0 Å². The number of nitrogens with zero attached hydrogens (tertiary/aromatic N) is 1. The number of oxazole rings is 1. The summed E-state index contributed by atoms with van der Waals surface area (Å²) in [4.78, 5) is 27.0. The predicted octanol–water partition coefficient (Wildman–Crippen LogP) is 2.15. The summed E-state index contributed by atoms with van der Waals surface area (Å²) >= 11 is 1.14. The monoisotopic (exact) mass is 308 g/mol. The highest BCUT2D eigenvalue weighted by molar-refractivity contribution is 7.99. The number of aliphatic carboxylic acids is 1. The molecule has 7 heteroatoms. The molecular formula is C14H16N2O4S. The summed E-state index contributed by atoms with van der Waals surface area (Å²) in [6.45, 7) is 3.49. The van der Waals surface area contributed by atoms with E-state index in [0.717, 1.165) is 17.3 Å². The lowest BCUT2D eigenvalue weighted by molar-refractivity contribution is -0.142. The van der Waals surface area contributed by atoms with Crippen molar-refractivity contribution in [2.75, 3.05) is 5.75 Å². The Hall–Kier alpha value is -2.02. The van der Waals surface area contributed by atoms with E-state index in [-0.39, 0.29) is 17.6 Å². The SMILES string of the molecule is CC(C)[C@H](NC(=O)CSc1nc2ccccc2o1)C(=O)O. The maximum atomic E-state index is 11.8. The molecule has 0 saturated carbocycles. The first kappa shape index (κ1) is 15.4. The van der Waals surface area contributed by atoms with Crippen LogP contribution in [0.3, 0.4) is 0 Å². The molecule has 0 aliphatic rings. The molecule has 2 aromatic rings. The van der Waals surface area contributed by atoms with Crippen LogP contribution in [0.4, 0.5) is 0 Å². The second-order valence-corrected chi connectivity index (χ2v) is 5.79. The summed E-state index contributed by atoms with van der Waals surface area (Å²) in [5.41, 5.74) is 1.39. The summed E-state index contributed by atoms with van der Waals surface area (Å²) in [7, 11) is 0. The Morgan fingerprint density at radius 2 is 2.10 bits per heavy atom. The molecule has 1 heterocycles. The van der Waals surface area contributed by atoms with Crippen LogP contribution in [0.15, 0.2) is 33.9 Å². The molecule has 1 aromatic carbocycles. The number of hydrogen-bond acceptors (Lipinski definition) is 5. The summed E-state index contributed by atoms with van der Waals surface area (Å²) < 4.78 is 5.47. The molecule has 2 rings (SSSR count). The van der Waals surface area contributed by atoms with Crippen LogP contribution in [0, 0.1) is 5.92 Å². The van der Waals surface area contributed by atoms with Crippen LogP contribution < -0.4 is 5.32 Å². The first-order valence-corrected chi connectivity index (χ1v) is 7.46. The van der Waals surface area contributed by atoms with Gasteiger partial charge in [0.25, 0.3) is 5.22 Å². The number of hydrogen-bond donors (Lipinski definition) is 2. The van der Waals surface area contributed by atoms with Crippen molar-refractivity contribution < 1.29 is 19.1 Å². The number of nitrogens with one attached hydrogen (secondary N) is 1. The lowest BCUT2D eigenvalue weighted by Crippen LogP contribution is -2.45. The number of thioether (sulfide) groups is 1. The van der Waals surface area contributed by atoms with Gasteiger partial charge < -0.3 is 14.8 Å². The molecule has 112 valence electrons. The highest BCUT2D eigenvalue weighted by atomic mass is 32.2. The fourth-order valence-electron chi connectivity index (χ4n) is 1.77. The molecule has 0 radical (unpaired) electrons. The van der Waals surface area contributed by atoms with Gasteiger partial charge in [-0.15, -0.1) is 0 Å². The third-order valence-corrected chi connectivity index (χ3v) is 3.68. The zero-order valence-corrected chi connectivity index (χ0v) is 12.5. The van der Waals surface area contributed by atoms with Crippen LogP contribution in [0.25, 0.3) is 11.1 Å². The van der Waals surface area contributed by atoms with Gasteiger partial charge in [-0.05, 0) is 18.1 Å². The van der Waals surface area contributed by atoms with Crippen molar-refractivity contribution in [1.29, 1.82) is 0 Å². The molecule has 6 nitrogen and oxygen atoms in total. The predicted molar refractivity (Wildman–Crippen MR) is 79.1 cm³/mol. The highest BCUT2D eigenvalue weighted by Crippen LogP contribution is 2.22. The lowest BCUT2D eigenvalue weighted by atomic mass is 10.1. The summed E-state index contributed by atoms with van der Waals surface area (Å²) in [5.74, 6) is -1.52. The number of amides is 1. The van der Waals surface area contributed by atoms with E-state index in [1.165, 1.54) is 0 Å². The Morgan fingerprint density at radius 1 is 1.38 bits per heavy atom. The van der Waals surface area contributed by atoms with Crippen molar-refractivity contribution in [1.82, 2.24) is 10.3 Å². The largest absolute Gasteiger partial charge is 0.480 e. The number of fused-ring (bicyclic) bond motifs is 1. The van der Waals surface area contributed by atoms with E-state index in [0.29, 0.717) is 10.8 Å². The number of para-hydroxylation sites is 2. The number of carbonyl (C=O) groups excluding carboxylic acids is 1. The normalized spacial score (nSPS) is 12.5. The second kappa shape index (κ2) is 6.62. The molecule has 1 atom stereocenters. The average molecular weight is 308 g/mol. The molecule has 1 aromatic heterocycles. The van der Waals surface area contributed by atoms with Crippen molar-refractivity contribution >= 4 is 34.7 Å². The maximum Gasteiger partial charge on any atom is 0.326 e. The number of carboxylic acids is 1. The zero-order valence-electron chi connectivity index (χ0n) is 11.7. The van der Waals surface area contributed by atoms with Gasteiger partial charge in [-0.3, -0.25) is 4.79 Å². The van der Waals surface area contributed by atoms with E-state index >= 15 is 0 Å². The minimum atomic E-state index is -1.04. The Kier molecular flexibility index (Phi) is 4.85.